The Morgan fingerprint density at radius 3 is 2.37 bits per heavy atom. The highest BCUT2D eigenvalue weighted by atomic mass is 79.9. The minimum atomic E-state index is 0.242. The fourth-order valence-electron chi connectivity index (χ4n) is 3.04. The van der Waals surface area contributed by atoms with Gasteiger partial charge in [-0.25, -0.2) is 0 Å². The van der Waals surface area contributed by atoms with Gasteiger partial charge in [0, 0.05) is 21.2 Å². The van der Waals surface area contributed by atoms with Gasteiger partial charge in [-0.1, -0.05) is 28.1 Å². The molecule has 4 nitrogen and oxygen atoms in total. The minimum absolute atomic E-state index is 0.242. The second kappa shape index (κ2) is 9.51. The van der Waals surface area contributed by atoms with Crippen LogP contribution in [-0.2, 0) is 4.74 Å². The van der Waals surface area contributed by atoms with Gasteiger partial charge in [0.05, 0.1) is 11.5 Å². The van der Waals surface area contributed by atoms with Crippen molar-refractivity contribution in [3.8, 4) is 33.4 Å². The van der Waals surface area contributed by atoms with E-state index in [0.29, 0.717) is 19.8 Å². The van der Waals surface area contributed by atoms with Crippen LogP contribution >= 0.6 is 27.3 Å². The van der Waals surface area contributed by atoms with E-state index in [1.54, 1.807) is 23.5 Å². The molecule has 1 N–H and O–H groups in total. The van der Waals surface area contributed by atoms with E-state index in [4.69, 9.17) is 14.2 Å². The van der Waals surface area contributed by atoms with Crippen LogP contribution in [0.1, 0.15) is 6.92 Å². The van der Waals surface area contributed by atoms with E-state index in [1.165, 1.54) is 0 Å². The van der Waals surface area contributed by atoms with E-state index < -0.39 is 0 Å². The van der Waals surface area contributed by atoms with Gasteiger partial charge < -0.3 is 19.3 Å². The number of thiophene rings is 1. The third-order valence-corrected chi connectivity index (χ3v) is 6.19. The first-order valence-corrected chi connectivity index (χ1v) is 11.2. The molecular weight excluding hydrogens is 464 g/mol. The molecule has 0 amide bonds. The third kappa shape index (κ3) is 4.78. The SMILES string of the molecule is CCOCCOc1ccc(Oc2c(-c3ccc(Br)cc3)sc3cc(O)ccc23)cc1. The first-order chi connectivity index (χ1) is 14.6. The summed E-state index contributed by atoms with van der Waals surface area (Å²) in [6, 6.07) is 21.0. The molecule has 0 fully saturated rings. The van der Waals surface area contributed by atoms with Crippen molar-refractivity contribution in [2.75, 3.05) is 19.8 Å². The molecule has 0 aliphatic rings. The van der Waals surface area contributed by atoms with Crippen molar-refractivity contribution in [2.45, 2.75) is 6.92 Å². The fourth-order valence-corrected chi connectivity index (χ4v) is 4.47. The van der Waals surface area contributed by atoms with Crippen molar-refractivity contribution in [1.82, 2.24) is 0 Å². The highest BCUT2D eigenvalue weighted by molar-refractivity contribution is 9.10. The van der Waals surface area contributed by atoms with Gasteiger partial charge in [-0.15, -0.1) is 11.3 Å². The summed E-state index contributed by atoms with van der Waals surface area (Å²) in [4.78, 5) is 1.01. The predicted octanol–water partition coefficient (Wildman–Crippen LogP) is 7.24. The molecule has 0 aliphatic carbocycles. The lowest BCUT2D eigenvalue weighted by molar-refractivity contribution is 0.110. The van der Waals surface area contributed by atoms with Gasteiger partial charge in [0.2, 0.25) is 0 Å². The standard InChI is InChI=1S/C24H21BrO4S/c1-2-27-13-14-28-19-8-10-20(11-9-19)29-23-21-12-7-18(26)15-22(21)30-24(23)16-3-5-17(25)6-4-16/h3-12,15,26H,2,13-14H2,1H3. The van der Waals surface area contributed by atoms with Crippen molar-refractivity contribution in [3.05, 3.63) is 71.2 Å². The molecule has 0 saturated heterocycles. The normalized spacial score (nSPS) is 11.0. The molecule has 30 heavy (non-hydrogen) atoms. The van der Waals surface area contributed by atoms with Crippen molar-refractivity contribution in [3.63, 3.8) is 0 Å². The topological polar surface area (TPSA) is 47.9 Å². The van der Waals surface area contributed by atoms with E-state index in [-0.39, 0.29) is 5.75 Å². The molecule has 0 radical (unpaired) electrons. The number of benzene rings is 3. The quantitative estimate of drug-likeness (QED) is 0.267. The number of phenolic OH excluding ortho intramolecular Hbond substituents is 1. The van der Waals surface area contributed by atoms with Crippen LogP contribution in [0.3, 0.4) is 0 Å². The lowest BCUT2D eigenvalue weighted by Gasteiger charge is -2.10. The zero-order valence-electron chi connectivity index (χ0n) is 16.4. The summed E-state index contributed by atoms with van der Waals surface area (Å²) in [6.07, 6.45) is 0. The molecule has 0 atom stereocenters. The van der Waals surface area contributed by atoms with Gasteiger partial charge in [-0.2, -0.15) is 0 Å². The molecule has 4 rings (SSSR count). The Hall–Kier alpha value is -2.54. The van der Waals surface area contributed by atoms with Crippen LogP contribution in [-0.4, -0.2) is 24.9 Å². The molecule has 0 spiro atoms. The Morgan fingerprint density at radius 2 is 1.63 bits per heavy atom. The van der Waals surface area contributed by atoms with E-state index >= 15 is 0 Å². The van der Waals surface area contributed by atoms with Gasteiger partial charge >= 0.3 is 0 Å². The third-order valence-electron chi connectivity index (χ3n) is 4.48. The van der Waals surface area contributed by atoms with Crippen LogP contribution in [0.5, 0.6) is 23.0 Å². The van der Waals surface area contributed by atoms with Crippen LogP contribution in [0.4, 0.5) is 0 Å². The van der Waals surface area contributed by atoms with Gasteiger partial charge in [0.15, 0.2) is 5.75 Å². The van der Waals surface area contributed by atoms with Gasteiger partial charge in [-0.05, 0) is 67.1 Å². The number of hydrogen-bond acceptors (Lipinski definition) is 5. The highest BCUT2D eigenvalue weighted by Gasteiger charge is 2.17. The van der Waals surface area contributed by atoms with E-state index in [2.05, 4.69) is 28.1 Å². The summed E-state index contributed by atoms with van der Waals surface area (Å²) in [5.41, 5.74) is 1.06. The maximum absolute atomic E-state index is 9.90. The zero-order valence-corrected chi connectivity index (χ0v) is 18.8. The Morgan fingerprint density at radius 1 is 0.900 bits per heavy atom. The fraction of sp³-hybridized carbons (Fsp3) is 0.167. The molecule has 154 valence electrons. The molecular formula is C24H21BrO4S. The molecule has 0 unspecified atom stereocenters. The molecule has 0 saturated carbocycles. The Balaban J connectivity index is 1.63. The van der Waals surface area contributed by atoms with Crippen LogP contribution in [0.25, 0.3) is 20.5 Å². The van der Waals surface area contributed by atoms with Gasteiger partial charge in [0.25, 0.3) is 0 Å². The Kier molecular flexibility index (Phi) is 6.57. The smallest absolute Gasteiger partial charge is 0.153 e. The predicted molar refractivity (Wildman–Crippen MR) is 125 cm³/mol. The van der Waals surface area contributed by atoms with Crippen LogP contribution in [0.2, 0.25) is 0 Å². The zero-order chi connectivity index (χ0) is 20.9. The number of hydrogen-bond donors (Lipinski definition) is 1. The number of phenols is 1. The first-order valence-electron chi connectivity index (χ1n) is 9.64. The molecule has 1 aromatic heterocycles. The highest BCUT2D eigenvalue weighted by Crippen LogP contribution is 2.47. The monoisotopic (exact) mass is 484 g/mol. The van der Waals surface area contributed by atoms with Crippen molar-refractivity contribution >= 4 is 37.4 Å². The average Bonchev–Trinajstić information content (AvgIpc) is 3.10. The van der Waals surface area contributed by atoms with Crippen LogP contribution in [0.15, 0.2) is 71.2 Å². The number of aromatic hydroxyl groups is 1. The molecule has 3 aromatic carbocycles. The number of fused-ring (bicyclic) bond motifs is 1. The van der Waals surface area contributed by atoms with Gasteiger partial charge in [-0.3, -0.25) is 0 Å². The number of halogens is 1. The lowest BCUT2D eigenvalue weighted by Crippen LogP contribution is -2.06. The first kappa shape index (κ1) is 20.7. The van der Waals surface area contributed by atoms with Gasteiger partial charge in [0.1, 0.15) is 23.9 Å². The number of rotatable bonds is 8. The van der Waals surface area contributed by atoms with Crippen molar-refractivity contribution < 1.29 is 19.3 Å². The molecule has 1 heterocycles. The van der Waals surface area contributed by atoms with E-state index in [0.717, 1.165) is 42.2 Å². The second-order valence-corrected chi connectivity index (χ2v) is 8.53. The summed E-state index contributed by atoms with van der Waals surface area (Å²) in [5.74, 6) is 2.52. The summed E-state index contributed by atoms with van der Waals surface area (Å²) in [7, 11) is 0. The summed E-state index contributed by atoms with van der Waals surface area (Å²) < 4.78 is 19.3. The average molecular weight is 485 g/mol. The Labute approximate surface area is 187 Å². The Bertz CT molecular complexity index is 1120. The van der Waals surface area contributed by atoms with E-state index in [1.807, 2.05) is 49.4 Å². The second-order valence-electron chi connectivity index (χ2n) is 6.57. The molecule has 0 aliphatic heterocycles. The molecule has 4 aromatic rings. The number of ether oxygens (including phenoxy) is 3. The lowest BCUT2D eigenvalue weighted by atomic mass is 10.1. The molecule has 0 bridgehead atoms. The minimum Gasteiger partial charge on any atom is -0.508 e. The summed E-state index contributed by atoms with van der Waals surface area (Å²) in [6.45, 7) is 3.73. The summed E-state index contributed by atoms with van der Waals surface area (Å²) in [5, 5.41) is 10.9. The van der Waals surface area contributed by atoms with Crippen molar-refractivity contribution in [2.24, 2.45) is 0 Å². The maximum atomic E-state index is 9.90. The van der Waals surface area contributed by atoms with Crippen LogP contribution in [0, 0.1) is 0 Å². The van der Waals surface area contributed by atoms with Crippen molar-refractivity contribution in [1.29, 1.82) is 0 Å². The maximum Gasteiger partial charge on any atom is 0.153 e. The molecule has 6 heteroatoms. The van der Waals surface area contributed by atoms with E-state index in [9.17, 15) is 5.11 Å². The summed E-state index contributed by atoms with van der Waals surface area (Å²) >= 11 is 5.08. The van der Waals surface area contributed by atoms with Crippen LogP contribution < -0.4 is 9.47 Å². The largest absolute Gasteiger partial charge is 0.508 e.